The Morgan fingerprint density at radius 1 is 0.786 bits per heavy atom. The molecule has 28 heavy (non-hydrogen) atoms. The van der Waals surface area contributed by atoms with Crippen molar-refractivity contribution in [1.29, 1.82) is 0 Å². The van der Waals surface area contributed by atoms with Crippen LogP contribution in [0.2, 0.25) is 0 Å². The summed E-state index contributed by atoms with van der Waals surface area (Å²) in [6.45, 7) is 4.32. The van der Waals surface area contributed by atoms with Gasteiger partial charge in [0, 0.05) is 28.5 Å². The van der Waals surface area contributed by atoms with E-state index < -0.39 is 0 Å². The molecule has 2 aromatic heterocycles. The molecule has 0 spiro atoms. The molecule has 0 saturated carbocycles. The van der Waals surface area contributed by atoms with Crippen molar-refractivity contribution >= 4 is 21.9 Å². The molecule has 1 atom stereocenters. The number of aromatic nitrogens is 1. The highest BCUT2D eigenvalue weighted by Crippen LogP contribution is 2.37. The molecule has 0 aliphatic rings. The molecular formula is C26H21NO. The fourth-order valence-corrected chi connectivity index (χ4v) is 3.90. The summed E-state index contributed by atoms with van der Waals surface area (Å²) in [7, 11) is 0. The van der Waals surface area contributed by atoms with Crippen LogP contribution in [-0.4, -0.2) is 4.98 Å². The first-order valence-corrected chi connectivity index (χ1v) is 9.64. The average Bonchev–Trinajstić information content (AvgIpc) is 3.11. The van der Waals surface area contributed by atoms with Gasteiger partial charge in [-0.3, -0.25) is 4.98 Å². The molecule has 0 aliphatic carbocycles. The summed E-state index contributed by atoms with van der Waals surface area (Å²) in [5, 5.41) is 2.28. The molecule has 0 amide bonds. The van der Waals surface area contributed by atoms with Gasteiger partial charge in [0.15, 0.2) is 0 Å². The van der Waals surface area contributed by atoms with E-state index in [9.17, 15) is 0 Å². The second kappa shape index (κ2) is 6.65. The van der Waals surface area contributed by atoms with Crippen molar-refractivity contribution in [3.8, 4) is 11.3 Å². The molecule has 5 aromatic rings. The van der Waals surface area contributed by atoms with Crippen molar-refractivity contribution in [2.45, 2.75) is 19.8 Å². The topological polar surface area (TPSA) is 26.0 Å². The van der Waals surface area contributed by atoms with Crippen molar-refractivity contribution < 1.29 is 4.42 Å². The molecule has 136 valence electrons. The Kier molecular flexibility index (Phi) is 3.98. The Balaban J connectivity index is 1.67. The first kappa shape index (κ1) is 16.8. The van der Waals surface area contributed by atoms with E-state index in [2.05, 4.69) is 91.6 Å². The number of pyridine rings is 1. The Labute approximate surface area is 164 Å². The maximum atomic E-state index is 6.36. The minimum Gasteiger partial charge on any atom is -0.455 e. The maximum absolute atomic E-state index is 6.36. The number of hydrogen-bond acceptors (Lipinski definition) is 2. The molecule has 3 aromatic carbocycles. The molecule has 2 nitrogen and oxygen atoms in total. The number of rotatable bonds is 3. The number of furan rings is 1. The molecule has 0 fully saturated rings. The van der Waals surface area contributed by atoms with Crippen LogP contribution in [0.5, 0.6) is 0 Å². The quantitative estimate of drug-likeness (QED) is 0.341. The van der Waals surface area contributed by atoms with Crippen LogP contribution in [0, 0.1) is 6.92 Å². The minimum absolute atomic E-state index is 0.316. The van der Waals surface area contributed by atoms with Gasteiger partial charge in [-0.1, -0.05) is 61.5 Å². The smallest absolute Gasteiger partial charge is 0.144 e. The second-order valence-corrected chi connectivity index (χ2v) is 7.39. The third-order valence-corrected chi connectivity index (χ3v) is 5.51. The molecule has 0 bridgehead atoms. The lowest BCUT2D eigenvalue weighted by Gasteiger charge is -2.12. The van der Waals surface area contributed by atoms with E-state index in [1.807, 2.05) is 12.3 Å². The van der Waals surface area contributed by atoms with E-state index in [1.165, 1.54) is 16.7 Å². The summed E-state index contributed by atoms with van der Waals surface area (Å²) in [5.41, 5.74) is 7.57. The highest BCUT2D eigenvalue weighted by Gasteiger charge is 2.15. The molecular weight excluding hydrogens is 342 g/mol. The summed E-state index contributed by atoms with van der Waals surface area (Å²) in [5.74, 6) is 0.316. The van der Waals surface area contributed by atoms with E-state index in [1.54, 1.807) is 0 Å². The lowest BCUT2D eigenvalue weighted by molar-refractivity contribution is 0.668. The summed E-state index contributed by atoms with van der Waals surface area (Å²) >= 11 is 0. The standard InChI is InChI=1S/C26H21NO/c1-17-13-14-27-24(15-17)23-10-6-9-22-21-12-11-20(16-25(21)28-26(22)23)18(2)19-7-4-3-5-8-19/h3-16,18H,1-2H3. The Morgan fingerprint density at radius 3 is 2.46 bits per heavy atom. The van der Waals surface area contributed by atoms with Crippen molar-refractivity contribution in [2.75, 3.05) is 0 Å². The number of benzene rings is 3. The van der Waals surface area contributed by atoms with Crippen molar-refractivity contribution in [3.05, 3.63) is 102 Å². The average molecular weight is 363 g/mol. The summed E-state index contributed by atoms with van der Waals surface area (Å²) < 4.78 is 6.36. The highest BCUT2D eigenvalue weighted by molar-refractivity contribution is 6.09. The van der Waals surface area contributed by atoms with Crippen molar-refractivity contribution in [3.63, 3.8) is 0 Å². The van der Waals surface area contributed by atoms with Gasteiger partial charge in [-0.15, -0.1) is 0 Å². The van der Waals surface area contributed by atoms with E-state index in [4.69, 9.17) is 4.42 Å². The molecule has 0 radical (unpaired) electrons. The van der Waals surface area contributed by atoms with Gasteiger partial charge >= 0.3 is 0 Å². The Hall–Kier alpha value is -3.39. The normalized spacial score (nSPS) is 12.5. The first-order chi connectivity index (χ1) is 13.7. The molecule has 5 rings (SSSR count). The number of aryl methyl sites for hydroxylation is 1. The van der Waals surface area contributed by atoms with Crippen LogP contribution in [-0.2, 0) is 0 Å². The Bertz CT molecular complexity index is 1280. The van der Waals surface area contributed by atoms with E-state index in [-0.39, 0.29) is 0 Å². The fourth-order valence-electron chi connectivity index (χ4n) is 3.90. The van der Waals surface area contributed by atoms with Gasteiger partial charge < -0.3 is 4.42 Å². The molecule has 0 saturated heterocycles. The van der Waals surface area contributed by atoms with Gasteiger partial charge in [0.05, 0.1) is 5.69 Å². The SMILES string of the molecule is Cc1ccnc(-c2cccc3c2oc2cc(C(C)c4ccccc4)ccc23)c1. The third kappa shape index (κ3) is 2.78. The van der Waals surface area contributed by atoms with Gasteiger partial charge in [0.2, 0.25) is 0 Å². The molecule has 0 N–H and O–H groups in total. The molecule has 1 unspecified atom stereocenters. The number of nitrogens with zero attached hydrogens (tertiary/aromatic N) is 1. The number of hydrogen-bond donors (Lipinski definition) is 0. The van der Waals surface area contributed by atoms with E-state index in [0.29, 0.717) is 5.92 Å². The second-order valence-electron chi connectivity index (χ2n) is 7.39. The first-order valence-electron chi connectivity index (χ1n) is 9.64. The van der Waals surface area contributed by atoms with Crippen LogP contribution in [0.15, 0.2) is 89.5 Å². The maximum Gasteiger partial charge on any atom is 0.144 e. The predicted molar refractivity (Wildman–Crippen MR) is 116 cm³/mol. The summed E-state index contributed by atoms with van der Waals surface area (Å²) in [6.07, 6.45) is 1.85. The molecule has 2 heterocycles. The van der Waals surface area contributed by atoms with Gasteiger partial charge in [-0.25, -0.2) is 0 Å². The minimum atomic E-state index is 0.316. The van der Waals surface area contributed by atoms with Crippen molar-refractivity contribution in [1.82, 2.24) is 4.98 Å². The zero-order valence-corrected chi connectivity index (χ0v) is 16.0. The lowest BCUT2D eigenvalue weighted by atomic mass is 9.92. The zero-order chi connectivity index (χ0) is 19.1. The van der Waals surface area contributed by atoms with Crippen LogP contribution < -0.4 is 0 Å². The molecule has 0 aliphatic heterocycles. The van der Waals surface area contributed by atoms with Gasteiger partial charge in [-0.2, -0.15) is 0 Å². The third-order valence-electron chi connectivity index (χ3n) is 5.51. The van der Waals surface area contributed by atoms with Crippen molar-refractivity contribution in [2.24, 2.45) is 0 Å². The van der Waals surface area contributed by atoms with Crippen LogP contribution in [0.3, 0.4) is 0 Å². The van der Waals surface area contributed by atoms with Gasteiger partial charge in [0.1, 0.15) is 11.2 Å². The van der Waals surface area contributed by atoms with Gasteiger partial charge in [-0.05, 0) is 47.9 Å². The number of fused-ring (bicyclic) bond motifs is 3. The zero-order valence-electron chi connectivity index (χ0n) is 16.0. The fraction of sp³-hybridized carbons (Fsp3) is 0.115. The summed E-state index contributed by atoms with van der Waals surface area (Å²) in [4.78, 5) is 4.56. The van der Waals surface area contributed by atoms with Crippen LogP contribution in [0.25, 0.3) is 33.2 Å². The van der Waals surface area contributed by atoms with E-state index >= 15 is 0 Å². The Morgan fingerprint density at radius 2 is 1.64 bits per heavy atom. The largest absolute Gasteiger partial charge is 0.455 e. The lowest BCUT2D eigenvalue weighted by Crippen LogP contribution is -1.95. The monoisotopic (exact) mass is 363 g/mol. The molecule has 2 heteroatoms. The summed E-state index contributed by atoms with van der Waals surface area (Å²) in [6, 6.07) is 27.6. The van der Waals surface area contributed by atoms with E-state index in [0.717, 1.165) is 33.2 Å². The van der Waals surface area contributed by atoms with Crippen LogP contribution >= 0.6 is 0 Å². The van der Waals surface area contributed by atoms with Crippen LogP contribution in [0.1, 0.15) is 29.5 Å². The van der Waals surface area contributed by atoms with Gasteiger partial charge in [0.25, 0.3) is 0 Å². The van der Waals surface area contributed by atoms with Crippen LogP contribution in [0.4, 0.5) is 0 Å². The predicted octanol–water partition coefficient (Wildman–Crippen LogP) is 7.11. The highest BCUT2D eigenvalue weighted by atomic mass is 16.3. The number of para-hydroxylation sites is 1.